The standard InChI is InChI=1S/C17H32BrN3/c1-8-19-14(10-12(3)17(5,6)7)11-15-16(18)13(4)20-21(15)9-2/h12,14,19H,8-11H2,1-7H3. The van der Waals surface area contributed by atoms with Gasteiger partial charge in [-0.3, -0.25) is 4.68 Å². The van der Waals surface area contributed by atoms with E-state index in [4.69, 9.17) is 0 Å². The van der Waals surface area contributed by atoms with Crippen LogP contribution in [0.4, 0.5) is 0 Å². The lowest BCUT2D eigenvalue weighted by molar-refractivity contribution is 0.221. The highest BCUT2D eigenvalue weighted by Crippen LogP contribution is 2.30. The average molecular weight is 358 g/mol. The molecule has 0 fully saturated rings. The van der Waals surface area contributed by atoms with E-state index in [1.165, 1.54) is 16.6 Å². The molecular formula is C17H32BrN3. The van der Waals surface area contributed by atoms with Crippen molar-refractivity contribution in [3.05, 3.63) is 15.9 Å². The number of aromatic nitrogens is 2. The molecule has 2 atom stereocenters. The number of hydrogen-bond donors (Lipinski definition) is 1. The van der Waals surface area contributed by atoms with Crippen molar-refractivity contribution in [2.75, 3.05) is 6.54 Å². The van der Waals surface area contributed by atoms with Gasteiger partial charge in [0, 0.05) is 19.0 Å². The van der Waals surface area contributed by atoms with E-state index < -0.39 is 0 Å². The molecule has 0 aromatic carbocycles. The Morgan fingerprint density at radius 1 is 1.29 bits per heavy atom. The summed E-state index contributed by atoms with van der Waals surface area (Å²) < 4.78 is 3.31. The molecule has 1 rings (SSSR count). The quantitative estimate of drug-likeness (QED) is 0.774. The van der Waals surface area contributed by atoms with Crippen LogP contribution >= 0.6 is 15.9 Å². The molecule has 0 bridgehead atoms. The van der Waals surface area contributed by atoms with Gasteiger partial charge in [-0.1, -0.05) is 34.6 Å². The highest BCUT2D eigenvalue weighted by atomic mass is 79.9. The summed E-state index contributed by atoms with van der Waals surface area (Å²) in [5, 5.41) is 8.27. The van der Waals surface area contributed by atoms with Gasteiger partial charge >= 0.3 is 0 Å². The van der Waals surface area contributed by atoms with E-state index in [-0.39, 0.29) is 0 Å². The molecule has 3 nitrogen and oxygen atoms in total. The van der Waals surface area contributed by atoms with Crippen LogP contribution in [-0.4, -0.2) is 22.4 Å². The molecule has 0 aliphatic carbocycles. The summed E-state index contributed by atoms with van der Waals surface area (Å²) in [4.78, 5) is 0. The van der Waals surface area contributed by atoms with Gasteiger partial charge in [0.05, 0.1) is 15.9 Å². The minimum atomic E-state index is 0.353. The average Bonchev–Trinajstić information content (AvgIpc) is 2.65. The van der Waals surface area contributed by atoms with Gasteiger partial charge in [0.2, 0.25) is 0 Å². The van der Waals surface area contributed by atoms with Crippen LogP contribution in [0.3, 0.4) is 0 Å². The fourth-order valence-corrected chi connectivity index (χ4v) is 3.05. The first-order valence-electron chi connectivity index (χ1n) is 8.15. The van der Waals surface area contributed by atoms with E-state index in [0.717, 1.165) is 25.2 Å². The summed E-state index contributed by atoms with van der Waals surface area (Å²) in [5.41, 5.74) is 2.76. The molecule has 1 aromatic rings. The largest absolute Gasteiger partial charge is 0.314 e. The fraction of sp³-hybridized carbons (Fsp3) is 0.824. The van der Waals surface area contributed by atoms with Crippen LogP contribution in [0.2, 0.25) is 0 Å². The van der Waals surface area contributed by atoms with Crippen molar-refractivity contribution in [3.8, 4) is 0 Å². The van der Waals surface area contributed by atoms with E-state index >= 15 is 0 Å². The number of nitrogens with zero attached hydrogens (tertiary/aromatic N) is 2. The first-order chi connectivity index (χ1) is 9.70. The number of aryl methyl sites for hydroxylation is 2. The Kier molecular flexibility index (Phi) is 6.92. The smallest absolute Gasteiger partial charge is 0.0738 e. The van der Waals surface area contributed by atoms with E-state index in [0.29, 0.717) is 17.4 Å². The molecule has 0 radical (unpaired) electrons. The van der Waals surface area contributed by atoms with Gasteiger partial charge in [-0.2, -0.15) is 5.10 Å². The van der Waals surface area contributed by atoms with Crippen LogP contribution in [0.15, 0.2) is 4.47 Å². The molecule has 0 saturated heterocycles. The summed E-state index contributed by atoms with van der Waals surface area (Å²) >= 11 is 3.72. The van der Waals surface area contributed by atoms with Crippen LogP contribution in [0.1, 0.15) is 59.4 Å². The first kappa shape index (κ1) is 18.7. The molecule has 1 N–H and O–H groups in total. The third-order valence-electron chi connectivity index (χ3n) is 4.50. The van der Waals surface area contributed by atoms with Gasteiger partial charge in [0.25, 0.3) is 0 Å². The molecule has 2 unspecified atom stereocenters. The number of likely N-dealkylation sites (N-methyl/N-ethyl adjacent to an activating group) is 1. The molecule has 4 heteroatoms. The van der Waals surface area contributed by atoms with Gasteiger partial charge in [-0.05, 0) is 54.1 Å². The highest BCUT2D eigenvalue weighted by Gasteiger charge is 2.25. The lowest BCUT2D eigenvalue weighted by Crippen LogP contribution is -2.36. The van der Waals surface area contributed by atoms with Gasteiger partial charge < -0.3 is 5.32 Å². The third-order valence-corrected chi connectivity index (χ3v) is 5.53. The summed E-state index contributed by atoms with van der Waals surface area (Å²) in [5.74, 6) is 0.680. The van der Waals surface area contributed by atoms with Crippen molar-refractivity contribution in [3.63, 3.8) is 0 Å². The van der Waals surface area contributed by atoms with Crippen LogP contribution < -0.4 is 5.32 Å². The number of hydrogen-bond acceptors (Lipinski definition) is 2. The molecule has 0 aliphatic heterocycles. The highest BCUT2D eigenvalue weighted by molar-refractivity contribution is 9.10. The van der Waals surface area contributed by atoms with Crippen molar-refractivity contribution in [2.24, 2.45) is 11.3 Å². The van der Waals surface area contributed by atoms with Gasteiger partial charge in [0.15, 0.2) is 0 Å². The number of nitrogens with one attached hydrogen (secondary N) is 1. The van der Waals surface area contributed by atoms with E-state index in [2.05, 4.69) is 79.5 Å². The molecule has 1 heterocycles. The molecule has 21 heavy (non-hydrogen) atoms. The summed E-state index contributed by atoms with van der Waals surface area (Å²) in [6.45, 7) is 17.7. The predicted octanol–water partition coefficient (Wildman–Crippen LogP) is 4.57. The lowest BCUT2D eigenvalue weighted by Gasteiger charge is -2.31. The zero-order chi connectivity index (χ0) is 16.2. The normalized spacial score (nSPS) is 15.2. The summed E-state index contributed by atoms with van der Waals surface area (Å²) in [6.07, 6.45) is 2.22. The molecule has 122 valence electrons. The maximum Gasteiger partial charge on any atom is 0.0738 e. The Labute approximate surface area is 139 Å². The first-order valence-corrected chi connectivity index (χ1v) is 8.95. The van der Waals surface area contributed by atoms with Crippen molar-refractivity contribution < 1.29 is 0 Å². The van der Waals surface area contributed by atoms with E-state index in [1.807, 2.05) is 0 Å². The summed E-state index contributed by atoms with van der Waals surface area (Å²) in [7, 11) is 0. The Hall–Kier alpha value is -0.350. The fourth-order valence-electron chi connectivity index (χ4n) is 2.61. The molecule has 0 spiro atoms. The number of halogens is 1. The Balaban J connectivity index is 2.88. The predicted molar refractivity (Wildman–Crippen MR) is 94.7 cm³/mol. The molecule has 0 amide bonds. The monoisotopic (exact) mass is 357 g/mol. The second-order valence-corrected chi connectivity index (χ2v) is 7.92. The van der Waals surface area contributed by atoms with E-state index in [9.17, 15) is 0 Å². The minimum absolute atomic E-state index is 0.353. The van der Waals surface area contributed by atoms with Gasteiger partial charge in [-0.15, -0.1) is 0 Å². The Bertz CT molecular complexity index is 446. The van der Waals surface area contributed by atoms with Gasteiger partial charge in [0.1, 0.15) is 0 Å². The zero-order valence-electron chi connectivity index (χ0n) is 14.8. The summed E-state index contributed by atoms with van der Waals surface area (Å²) in [6, 6.07) is 0.502. The number of rotatable bonds is 7. The second-order valence-electron chi connectivity index (χ2n) is 7.12. The molecule has 0 aliphatic rings. The minimum Gasteiger partial charge on any atom is -0.314 e. The third kappa shape index (κ3) is 5.10. The topological polar surface area (TPSA) is 29.9 Å². The maximum absolute atomic E-state index is 4.61. The van der Waals surface area contributed by atoms with Crippen molar-refractivity contribution in [1.29, 1.82) is 0 Å². The van der Waals surface area contributed by atoms with E-state index in [1.54, 1.807) is 0 Å². The van der Waals surface area contributed by atoms with Crippen molar-refractivity contribution in [2.45, 2.75) is 73.9 Å². The SMILES string of the molecule is CCNC(Cc1c(Br)c(C)nn1CC)CC(C)C(C)(C)C. The molecular weight excluding hydrogens is 326 g/mol. The second kappa shape index (κ2) is 7.77. The Morgan fingerprint density at radius 2 is 1.90 bits per heavy atom. The van der Waals surface area contributed by atoms with Crippen LogP contribution in [0, 0.1) is 18.3 Å². The van der Waals surface area contributed by atoms with Gasteiger partial charge in [-0.25, -0.2) is 0 Å². The molecule has 0 saturated carbocycles. The van der Waals surface area contributed by atoms with Crippen LogP contribution in [-0.2, 0) is 13.0 Å². The van der Waals surface area contributed by atoms with Crippen molar-refractivity contribution in [1.82, 2.24) is 15.1 Å². The van der Waals surface area contributed by atoms with Crippen molar-refractivity contribution >= 4 is 15.9 Å². The Morgan fingerprint density at radius 3 is 2.38 bits per heavy atom. The zero-order valence-corrected chi connectivity index (χ0v) is 16.3. The molecule has 1 aromatic heterocycles. The van der Waals surface area contributed by atoms with Crippen LogP contribution in [0.5, 0.6) is 0 Å². The lowest BCUT2D eigenvalue weighted by atomic mass is 9.78. The maximum atomic E-state index is 4.61. The van der Waals surface area contributed by atoms with Crippen LogP contribution in [0.25, 0.3) is 0 Å².